The molecule has 0 N–H and O–H groups in total. The van der Waals surface area contributed by atoms with Crippen LogP contribution in [0.5, 0.6) is 11.5 Å². The highest BCUT2D eigenvalue weighted by molar-refractivity contribution is 9.10. The molecule has 6 heteroatoms. The van der Waals surface area contributed by atoms with Crippen LogP contribution in [0.3, 0.4) is 0 Å². The van der Waals surface area contributed by atoms with Gasteiger partial charge in [-0.1, -0.05) is 31.9 Å². The Kier molecular flexibility index (Phi) is 4.86. The van der Waals surface area contributed by atoms with Crippen molar-refractivity contribution in [1.29, 1.82) is 0 Å². The number of rotatable bonds is 4. The van der Waals surface area contributed by atoms with Crippen LogP contribution < -0.4 is 9.64 Å². The Bertz CT molecular complexity index is 612. The van der Waals surface area contributed by atoms with Crippen LogP contribution in [0.15, 0.2) is 39.4 Å². The summed E-state index contributed by atoms with van der Waals surface area (Å²) in [7, 11) is 0. The molecule has 21 heavy (non-hydrogen) atoms. The fourth-order valence-corrected chi connectivity index (χ4v) is 3.35. The minimum Gasteiger partial charge on any atom is -0.451 e. The zero-order valence-corrected chi connectivity index (χ0v) is 15.9. The molecular formula is C15H13Br3N2O. The van der Waals surface area contributed by atoms with Gasteiger partial charge in [-0.3, -0.25) is 0 Å². The van der Waals surface area contributed by atoms with E-state index in [1.165, 1.54) is 0 Å². The number of hydrogen-bond donors (Lipinski definition) is 0. The lowest BCUT2D eigenvalue weighted by Gasteiger charge is -2.31. The molecule has 0 spiro atoms. The number of anilines is 2. The second-order valence-electron chi connectivity index (χ2n) is 4.74. The molecule has 2 aromatic rings. The summed E-state index contributed by atoms with van der Waals surface area (Å²) in [4.78, 5) is 6.76. The van der Waals surface area contributed by atoms with Crippen molar-refractivity contribution in [3.8, 4) is 11.5 Å². The SMILES string of the molecule is BrCCCCN1c2ccc(Br)cc2Oc2cc(Br)cnc21. The fraction of sp³-hybridized carbons (Fsp3) is 0.267. The maximum Gasteiger partial charge on any atom is 0.176 e. The van der Waals surface area contributed by atoms with Crippen LogP contribution in [-0.4, -0.2) is 16.9 Å². The smallest absolute Gasteiger partial charge is 0.176 e. The molecule has 3 nitrogen and oxygen atoms in total. The summed E-state index contributed by atoms with van der Waals surface area (Å²) in [5, 5.41) is 1.02. The zero-order valence-electron chi connectivity index (χ0n) is 11.2. The zero-order chi connectivity index (χ0) is 14.8. The molecule has 1 aliphatic rings. The molecule has 0 saturated carbocycles. The van der Waals surface area contributed by atoms with E-state index in [0.717, 1.165) is 56.7 Å². The normalized spacial score (nSPS) is 12.6. The summed E-state index contributed by atoms with van der Waals surface area (Å²) in [5.74, 6) is 2.52. The van der Waals surface area contributed by atoms with Crippen molar-refractivity contribution in [2.24, 2.45) is 0 Å². The molecule has 0 radical (unpaired) electrons. The van der Waals surface area contributed by atoms with Crippen molar-refractivity contribution in [2.75, 3.05) is 16.8 Å². The van der Waals surface area contributed by atoms with Gasteiger partial charge < -0.3 is 9.64 Å². The number of alkyl halides is 1. The highest BCUT2D eigenvalue weighted by atomic mass is 79.9. The van der Waals surface area contributed by atoms with Gasteiger partial charge in [-0.05, 0) is 47.0 Å². The Morgan fingerprint density at radius 1 is 1.05 bits per heavy atom. The average Bonchev–Trinajstić information content (AvgIpc) is 2.46. The Balaban J connectivity index is 2.01. The van der Waals surface area contributed by atoms with E-state index < -0.39 is 0 Å². The molecule has 0 unspecified atom stereocenters. The standard InChI is InChI=1S/C15H13Br3N2O/c16-5-1-2-6-20-12-4-3-10(17)7-13(12)21-14-8-11(18)9-19-15(14)20/h3-4,7-9H,1-2,5-6H2. The predicted molar refractivity (Wildman–Crippen MR) is 96.2 cm³/mol. The summed E-state index contributed by atoms with van der Waals surface area (Å²) in [6.07, 6.45) is 4.04. The maximum absolute atomic E-state index is 6.00. The minimum atomic E-state index is 0.786. The van der Waals surface area contributed by atoms with Gasteiger partial charge in [-0.25, -0.2) is 4.98 Å². The number of pyridine rings is 1. The van der Waals surface area contributed by atoms with Crippen LogP contribution in [-0.2, 0) is 0 Å². The second kappa shape index (κ2) is 6.67. The molecule has 1 aliphatic heterocycles. The average molecular weight is 477 g/mol. The van der Waals surface area contributed by atoms with Crippen LogP contribution in [0.25, 0.3) is 0 Å². The van der Waals surface area contributed by atoms with E-state index in [1.807, 2.05) is 24.4 Å². The molecule has 110 valence electrons. The second-order valence-corrected chi connectivity index (χ2v) is 7.36. The number of ether oxygens (including phenoxy) is 1. The first kappa shape index (κ1) is 15.3. The Hall–Kier alpha value is -0.590. The van der Waals surface area contributed by atoms with Gasteiger partial charge in [0.15, 0.2) is 17.3 Å². The van der Waals surface area contributed by atoms with E-state index in [-0.39, 0.29) is 0 Å². The first-order valence-corrected chi connectivity index (χ1v) is 9.36. The van der Waals surface area contributed by atoms with Crippen LogP contribution in [0, 0.1) is 0 Å². The molecule has 3 rings (SSSR count). The molecule has 0 fully saturated rings. The number of halogens is 3. The van der Waals surface area contributed by atoms with E-state index in [1.54, 1.807) is 0 Å². The molecular weight excluding hydrogens is 464 g/mol. The van der Waals surface area contributed by atoms with Gasteiger partial charge in [0.05, 0.1) is 5.69 Å². The minimum absolute atomic E-state index is 0.786. The monoisotopic (exact) mass is 474 g/mol. The van der Waals surface area contributed by atoms with Crippen LogP contribution in [0.1, 0.15) is 12.8 Å². The van der Waals surface area contributed by atoms with Crippen LogP contribution >= 0.6 is 47.8 Å². The number of fused-ring (bicyclic) bond motifs is 2. The van der Waals surface area contributed by atoms with Crippen molar-refractivity contribution in [1.82, 2.24) is 4.98 Å². The quantitative estimate of drug-likeness (QED) is 0.398. The molecule has 1 aromatic heterocycles. The van der Waals surface area contributed by atoms with Crippen molar-refractivity contribution >= 4 is 59.3 Å². The summed E-state index contributed by atoms with van der Waals surface area (Å²) in [5.41, 5.74) is 1.06. The van der Waals surface area contributed by atoms with Crippen molar-refractivity contribution in [2.45, 2.75) is 12.8 Å². The third-order valence-corrected chi connectivity index (χ3v) is 4.74. The molecule has 0 atom stereocenters. The molecule has 1 aromatic carbocycles. The van der Waals surface area contributed by atoms with Crippen LogP contribution in [0.2, 0.25) is 0 Å². The Morgan fingerprint density at radius 2 is 1.86 bits per heavy atom. The third kappa shape index (κ3) is 3.27. The van der Waals surface area contributed by atoms with Gasteiger partial charge in [0, 0.05) is 33.1 Å². The summed E-state index contributed by atoms with van der Waals surface area (Å²) >= 11 is 10.4. The van der Waals surface area contributed by atoms with Gasteiger partial charge in [0.25, 0.3) is 0 Å². The molecule has 0 saturated heterocycles. The summed E-state index contributed by atoms with van der Waals surface area (Å²) in [6, 6.07) is 8.06. The van der Waals surface area contributed by atoms with E-state index in [9.17, 15) is 0 Å². The van der Waals surface area contributed by atoms with E-state index in [2.05, 4.69) is 63.7 Å². The molecule has 2 heterocycles. The van der Waals surface area contributed by atoms with E-state index in [4.69, 9.17) is 4.74 Å². The van der Waals surface area contributed by atoms with Crippen molar-refractivity contribution < 1.29 is 4.74 Å². The Morgan fingerprint density at radius 3 is 2.67 bits per heavy atom. The summed E-state index contributed by atoms with van der Waals surface area (Å²) in [6.45, 7) is 0.922. The van der Waals surface area contributed by atoms with Gasteiger partial charge in [0.2, 0.25) is 0 Å². The maximum atomic E-state index is 6.00. The predicted octanol–water partition coefficient (Wildman–Crippen LogP) is 6.03. The van der Waals surface area contributed by atoms with Gasteiger partial charge >= 0.3 is 0 Å². The van der Waals surface area contributed by atoms with Crippen LogP contribution in [0.4, 0.5) is 11.5 Å². The first-order valence-electron chi connectivity index (χ1n) is 6.65. The van der Waals surface area contributed by atoms with Gasteiger partial charge in [-0.2, -0.15) is 0 Å². The lowest BCUT2D eigenvalue weighted by atomic mass is 10.2. The number of aromatic nitrogens is 1. The number of nitrogens with zero attached hydrogens (tertiary/aromatic N) is 2. The lowest BCUT2D eigenvalue weighted by Crippen LogP contribution is -2.23. The van der Waals surface area contributed by atoms with E-state index in [0.29, 0.717) is 0 Å². The first-order chi connectivity index (χ1) is 10.2. The van der Waals surface area contributed by atoms with Gasteiger partial charge in [0.1, 0.15) is 0 Å². The Labute approximate surface area is 149 Å². The number of benzene rings is 1. The number of unbranched alkanes of at least 4 members (excludes halogenated alkanes) is 1. The number of hydrogen-bond acceptors (Lipinski definition) is 3. The third-order valence-electron chi connectivity index (χ3n) is 3.25. The highest BCUT2D eigenvalue weighted by Gasteiger charge is 2.25. The highest BCUT2D eigenvalue weighted by Crippen LogP contribution is 2.47. The van der Waals surface area contributed by atoms with Crippen molar-refractivity contribution in [3.63, 3.8) is 0 Å². The topological polar surface area (TPSA) is 25.4 Å². The lowest BCUT2D eigenvalue weighted by molar-refractivity contribution is 0.468. The molecule has 0 bridgehead atoms. The largest absolute Gasteiger partial charge is 0.451 e. The molecule has 0 amide bonds. The summed E-state index contributed by atoms with van der Waals surface area (Å²) < 4.78 is 7.93. The van der Waals surface area contributed by atoms with Crippen molar-refractivity contribution in [3.05, 3.63) is 39.4 Å². The van der Waals surface area contributed by atoms with E-state index >= 15 is 0 Å². The van der Waals surface area contributed by atoms with Gasteiger partial charge in [-0.15, -0.1) is 0 Å². The fourth-order valence-electron chi connectivity index (χ4n) is 2.31. The molecule has 0 aliphatic carbocycles.